The summed E-state index contributed by atoms with van der Waals surface area (Å²) in [7, 11) is 0. The zero-order valence-electron chi connectivity index (χ0n) is 14.1. The number of ether oxygens (including phenoxy) is 3. The molecule has 0 unspecified atom stereocenters. The average molecular weight is 341 g/mol. The van der Waals surface area contributed by atoms with Gasteiger partial charge in [0.2, 0.25) is 0 Å². The van der Waals surface area contributed by atoms with E-state index in [1.807, 2.05) is 6.92 Å². The molecule has 0 aliphatic carbocycles. The molecule has 0 aromatic heterocycles. The van der Waals surface area contributed by atoms with Gasteiger partial charge in [-0.3, -0.25) is 4.79 Å². The van der Waals surface area contributed by atoms with E-state index in [1.165, 1.54) is 0 Å². The van der Waals surface area contributed by atoms with Crippen molar-refractivity contribution in [2.75, 3.05) is 25.1 Å². The van der Waals surface area contributed by atoms with Crippen LogP contribution in [0.4, 0.5) is 5.69 Å². The van der Waals surface area contributed by atoms with Crippen LogP contribution in [0.15, 0.2) is 36.4 Å². The monoisotopic (exact) mass is 341 g/mol. The summed E-state index contributed by atoms with van der Waals surface area (Å²) < 4.78 is 15.9. The number of amides is 1. The Morgan fingerprint density at radius 2 is 1.76 bits per heavy atom. The van der Waals surface area contributed by atoms with Crippen LogP contribution < -0.4 is 14.8 Å². The lowest BCUT2D eigenvalue weighted by Crippen LogP contribution is -2.17. The summed E-state index contributed by atoms with van der Waals surface area (Å²) in [4.78, 5) is 24.4. The molecule has 2 aromatic rings. The molecule has 0 spiro atoms. The number of hydrogen-bond acceptors (Lipinski definition) is 5. The van der Waals surface area contributed by atoms with E-state index in [-0.39, 0.29) is 5.91 Å². The van der Waals surface area contributed by atoms with Gasteiger partial charge in [-0.05, 0) is 49.7 Å². The molecule has 1 aliphatic rings. The molecule has 0 bridgehead atoms. The second kappa shape index (κ2) is 7.25. The van der Waals surface area contributed by atoms with Crippen LogP contribution in [0.25, 0.3) is 0 Å². The Bertz CT molecular complexity index is 815. The lowest BCUT2D eigenvalue weighted by molar-refractivity contribution is 0.0526. The minimum atomic E-state index is -0.419. The van der Waals surface area contributed by atoms with Crippen LogP contribution in [0, 0.1) is 6.92 Å². The Labute approximate surface area is 145 Å². The summed E-state index contributed by atoms with van der Waals surface area (Å²) in [5.41, 5.74) is 2.25. The highest BCUT2D eigenvalue weighted by molar-refractivity contribution is 6.05. The van der Waals surface area contributed by atoms with Crippen LogP contribution in [-0.4, -0.2) is 31.7 Å². The quantitative estimate of drug-likeness (QED) is 0.865. The standard InChI is InChI=1S/C19H19NO5/c1-3-23-19(22)14-5-4-12(2)15(10-14)20-18(21)13-6-7-16-17(11-13)25-9-8-24-16/h4-7,10-11H,3,8-9H2,1-2H3,(H,20,21). The first-order valence-corrected chi connectivity index (χ1v) is 8.07. The molecule has 1 N–H and O–H groups in total. The summed E-state index contributed by atoms with van der Waals surface area (Å²) in [5, 5.41) is 2.83. The zero-order chi connectivity index (χ0) is 17.8. The van der Waals surface area contributed by atoms with Crippen LogP contribution in [-0.2, 0) is 4.74 Å². The number of fused-ring (bicyclic) bond motifs is 1. The highest BCUT2D eigenvalue weighted by Gasteiger charge is 2.16. The molecule has 1 amide bonds. The van der Waals surface area contributed by atoms with Gasteiger partial charge in [0.15, 0.2) is 11.5 Å². The highest BCUT2D eigenvalue weighted by Crippen LogP contribution is 2.31. The van der Waals surface area contributed by atoms with Crippen molar-refractivity contribution in [1.82, 2.24) is 0 Å². The zero-order valence-corrected chi connectivity index (χ0v) is 14.1. The fourth-order valence-corrected chi connectivity index (χ4v) is 2.48. The van der Waals surface area contributed by atoms with E-state index in [1.54, 1.807) is 43.3 Å². The second-order valence-corrected chi connectivity index (χ2v) is 5.56. The van der Waals surface area contributed by atoms with Gasteiger partial charge >= 0.3 is 5.97 Å². The molecule has 6 nitrogen and oxygen atoms in total. The molecule has 0 atom stereocenters. The topological polar surface area (TPSA) is 73.9 Å². The first kappa shape index (κ1) is 16.8. The Kier molecular flexibility index (Phi) is 4.88. The van der Waals surface area contributed by atoms with E-state index in [9.17, 15) is 9.59 Å². The van der Waals surface area contributed by atoms with Crippen molar-refractivity contribution in [2.24, 2.45) is 0 Å². The van der Waals surface area contributed by atoms with Gasteiger partial charge in [0.05, 0.1) is 12.2 Å². The fraction of sp³-hybridized carbons (Fsp3) is 0.263. The molecule has 1 aliphatic heterocycles. The summed E-state index contributed by atoms with van der Waals surface area (Å²) >= 11 is 0. The number of aryl methyl sites for hydroxylation is 1. The molecular formula is C19H19NO5. The number of esters is 1. The third-order valence-corrected chi connectivity index (χ3v) is 3.80. The highest BCUT2D eigenvalue weighted by atomic mass is 16.6. The first-order valence-electron chi connectivity index (χ1n) is 8.07. The van der Waals surface area contributed by atoms with E-state index in [4.69, 9.17) is 14.2 Å². The maximum Gasteiger partial charge on any atom is 0.338 e. The Morgan fingerprint density at radius 3 is 2.52 bits per heavy atom. The maximum atomic E-state index is 12.5. The summed E-state index contributed by atoms with van der Waals surface area (Å²) in [6.07, 6.45) is 0. The predicted octanol–water partition coefficient (Wildman–Crippen LogP) is 3.20. The fourth-order valence-electron chi connectivity index (χ4n) is 2.48. The maximum absolute atomic E-state index is 12.5. The van der Waals surface area contributed by atoms with Crippen molar-refractivity contribution in [1.29, 1.82) is 0 Å². The Hall–Kier alpha value is -3.02. The lowest BCUT2D eigenvalue weighted by Gasteiger charge is -2.18. The normalized spacial score (nSPS) is 12.4. The SMILES string of the molecule is CCOC(=O)c1ccc(C)c(NC(=O)c2ccc3c(c2)OCCO3)c1. The molecule has 0 saturated heterocycles. The van der Waals surface area contributed by atoms with Gasteiger partial charge in [-0.25, -0.2) is 4.79 Å². The summed E-state index contributed by atoms with van der Waals surface area (Å²) in [6.45, 7) is 4.85. The molecular weight excluding hydrogens is 322 g/mol. The number of benzene rings is 2. The van der Waals surface area contributed by atoms with Crippen molar-refractivity contribution < 1.29 is 23.8 Å². The summed E-state index contributed by atoms with van der Waals surface area (Å²) in [6, 6.07) is 10.1. The number of hydrogen-bond donors (Lipinski definition) is 1. The molecule has 6 heteroatoms. The molecule has 0 radical (unpaired) electrons. The summed E-state index contributed by atoms with van der Waals surface area (Å²) in [5.74, 6) is 0.470. The molecule has 2 aromatic carbocycles. The van der Waals surface area contributed by atoms with Crippen molar-refractivity contribution in [3.63, 3.8) is 0 Å². The van der Waals surface area contributed by atoms with Crippen LogP contribution in [0.5, 0.6) is 11.5 Å². The van der Waals surface area contributed by atoms with E-state index < -0.39 is 5.97 Å². The average Bonchev–Trinajstić information content (AvgIpc) is 2.63. The minimum absolute atomic E-state index is 0.291. The molecule has 0 saturated carbocycles. The Balaban J connectivity index is 1.81. The van der Waals surface area contributed by atoms with Gasteiger partial charge in [0.25, 0.3) is 5.91 Å². The van der Waals surface area contributed by atoms with Gasteiger partial charge in [-0.2, -0.15) is 0 Å². The number of carbonyl (C=O) groups is 2. The number of carbonyl (C=O) groups excluding carboxylic acids is 2. The smallest absolute Gasteiger partial charge is 0.338 e. The number of nitrogens with one attached hydrogen (secondary N) is 1. The van der Waals surface area contributed by atoms with Crippen molar-refractivity contribution in [2.45, 2.75) is 13.8 Å². The van der Waals surface area contributed by atoms with Crippen LogP contribution >= 0.6 is 0 Å². The van der Waals surface area contributed by atoms with E-state index in [2.05, 4.69) is 5.32 Å². The minimum Gasteiger partial charge on any atom is -0.486 e. The van der Waals surface area contributed by atoms with Gasteiger partial charge in [-0.15, -0.1) is 0 Å². The molecule has 130 valence electrons. The molecule has 1 heterocycles. The number of rotatable bonds is 4. The van der Waals surface area contributed by atoms with Gasteiger partial charge in [0, 0.05) is 11.3 Å². The predicted molar refractivity (Wildman–Crippen MR) is 92.5 cm³/mol. The third kappa shape index (κ3) is 3.74. The van der Waals surface area contributed by atoms with E-state index in [0.29, 0.717) is 48.1 Å². The Morgan fingerprint density at radius 1 is 1.04 bits per heavy atom. The lowest BCUT2D eigenvalue weighted by atomic mass is 10.1. The first-order chi connectivity index (χ1) is 12.1. The van der Waals surface area contributed by atoms with Crippen molar-refractivity contribution >= 4 is 17.6 Å². The van der Waals surface area contributed by atoms with E-state index >= 15 is 0 Å². The van der Waals surface area contributed by atoms with E-state index in [0.717, 1.165) is 5.56 Å². The van der Waals surface area contributed by atoms with Crippen molar-refractivity contribution in [3.05, 3.63) is 53.1 Å². The van der Waals surface area contributed by atoms with Crippen LogP contribution in [0.1, 0.15) is 33.2 Å². The van der Waals surface area contributed by atoms with Crippen LogP contribution in [0.3, 0.4) is 0 Å². The largest absolute Gasteiger partial charge is 0.486 e. The molecule has 3 rings (SSSR count). The second-order valence-electron chi connectivity index (χ2n) is 5.56. The van der Waals surface area contributed by atoms with Gasteiger partial charge in [0.1, 0.15) is 13.2 Å². The van der Waals surface area contributed by atoms with Crippen molar-refractivity contribution in [3.8, 4) is 11.5 Å². The third-order valence-electron chi connectivity index (χ3n) is 3.80. The molecule has 0 fully saturated rings. The number of anilines is 1. The van der Waals surface area contributed by atoms with Gasteiger partial charge < -0.3 is 19.5 Å². The van der Waals surface area contributed by atoms with Gasteiger partial charge in [-0.1, -0.05) is 6.07 Å². The van der Waals surface area contributed by atoms with Crippen LogP contribution in [0.2, 0.25) is 0 Å². The molecule has 25 heavy (non-hydrogen) atoms.